The van der Waals surface area contributed by atoms with Crippen LogP contribution in [0.25, 0.3) is 0 Å². The quantitative estimate of drug-likeness (QED) is 0.855. The van der Waals surface area contributed by atoms with Gasteiger partial charge in [-0.15, -0.1) is 0 Å². The van der Waals surface area contributed by atoms with Crippen LogP contribution in [0.15, 0.2) is 6.07 Å². The van der Waals surface area contributed by atoms with Crippen molar-refractivity contribution in [3.8, 4) is 0 Å². The first-order valence-electron chi connectivity index (χ1n) is 6.54. The van der Waals surface area contributed by atoms with Crippen LogP contribution in [0.3, 0.4) is 0 Å². The first-order valence-corrected chi connectivity index (χ1v) is 8.20. The average Bonchev–Trinajstić information content (AvgIpc) is 2.38. The lowest BCUT2D eigenvalue weighted by Crippen LogP contribution is -2.29. The zero-order chi connectivity index (χ0) is 13.0. The maximum atomic E-state index is 6.01. The van der Waals surface area contributed by atoms with Gasteiger partial charge in [0.1, 0.15) is 16.8 Å². The molecule has 0 spiro atoms. The van der Waals surface area contributed by atoms with Crippen molar-refractivity contribution < 1.29 is 0 Å². The molecule has 100 valence electrons. The standard InChI is InChI=1S/C13H20ClN3S/c1-3-12-16-11(14)8-13(17-12)15-9-5-4-6-10(7-9)18-2/h8-10H,3-7H2,1-2H3,(H,15,16,17). The van der Waals surface area contributed by atoms with Gasteiger partial charge >= 0.3 is 0 Å². The minimum atomic E-state index is 0.520. The predicted octanol–water partition coefficient (Wildman–Crippen LogP) is 3.78. The smallest absolute Gasteiger partial charge is 0.134 e. The Morgan fingerprint density at radius 1 is 1.44 bits per heavy atom. The highest BCUT2D eigenvalue weighted by Crippen LogP contribution is 2.28. The van der Waals surface area contributed by atoms with E-state index in [2.05, 4.69) is 21.5 Å². The number of nitrogens with zero attached hydrogens (tertiary/aromatic N) is 2. The Balaban J connectivity index is 2.02. The van der Waals surface area contributed by atoms with Crippen LogP contribution in [-0.4, -0.2) is 27.5 Å². The first-order chi connectivity index (χ1) is 8.71. The van der Waals surface area contributed by atoms with E-state index in [1.807, 2.05) is 24.8 Å². The molecule has 0 saturated heterocycles. The summed E-state index contributed by atoms with van der Waals surface area (Å²) in [6.45, 7) is 2.04. The highest BCUT2D eigenvalue weighted by Gasteiger charge is 2.21. The van der Waals surface area contributed by atoms with Crippen molar-refractivity contribution in [3.05, 3.63) is 17.0 Å². The minimum Gasteiger partial charge on any atom is -0.367 e. The van der Waals surface area contributed by atoms with Crippen LogP contribution in [0.1, 0.15) is 38.4 Å². The van der Waals surface area contributed by atoms with Crippen molar-refractivity contribution in [2.75, 3.05) is 11.6 Å². The van der Waals surface area contributed by atoms with E-state index in [0.717, 1.165) is 23.3 Å². The summed E-state index contributed by atoms with van der Waals surface area (Å²) < 4.78 is 0. The number of anilines is 1. The molecule has 0 bridgehead atoms. The van der Waals surface area contributed by atoms with Gasteiger partial charge in [-0.25, -0.2) is 9.97 Å². The van der Waals surface area contributed by atoms with Crippen molar-refractivity contribution in [1.29, 1.82) is 0 Å². The average molecular weight is 286 g/mol. The number of aryl methyl sites for hydroxylation is 1. The third-order valence-electron chi connectivity index (χ3n) is 3.37. The number of hydrogen-bond acceptors (Lipinski definition) is 4. The van der Waals surface area contributed by atoms with E-state index in [9.17, 15) is 0 Å². The summed E-state index contributed by atoms with van der Waals surface area (Å²) in [5, 5.41) is 4.82. The topological polar surface area (TPSA) is 37.8 Å². The molecule has 0 aliphatic heterocycles. The van der Waals surface area contributed by atoms with Crippen LogP contribution < -0.4 is 5.32 Å². The van der Waals surface area contributed by atoms with Gasteiger partial charge in [0.25, 0.3) is 0 Å². The lowest BCUT2D eigenvalue weighted by Gasteiger charge is -2.29. The Hall–Kier alpha value is -0.480. The first kappa shape index (κ1) is 13.9. The number of thioether (sulfide) groups is 1. The van der Waals surface area contributed by atoms with Crippen molar-refractivity contribution in [1.82, 2.24) is 9.97 Å². The van der Waals surface area contributed by atoms with Gasteiger partial charge in [0.2, 0.25) is 0 Å². The van der Waals surface area contributed by atoms with E-state index in [0.29, 0.717) is 11.2 Å². The van der Waals surface area contributed by atoms with Crippen molar-refractivity contribution in [2.45, 2.75) is 50.3 Å². The summed E-state index contributed by atoms with van der Waals surface area (Å²) in [5.41, 5.74) is 0. The van der Waals surface area contributed by atoms with Crippen LogP contribution >= 0.6 is 23.4 Å². The van der Waals surface area contributed by atoms with E-state index >= 15 is 0 Å². The molecule has 1 aliphatic carbocycles. The van der Waals surface area contributed by atoms with Crippen molar-refractivity contribution in [2.24, 2.45) is 0 Å². The van der Waals surface area contributed by atoms with E-state index in [4.69, 9.17) is 11.6 Å². The summed E-state index contributed by atoms with van der Waals surface area (Å²) in [4.78, 5) is 8.67. The normalized spacial score (nSPS) is 23.9. The fourth-order valence-corrected chi connectivity index (χ4v) is 3.42. The van der Waals surface area contributed by atoms with Gasteiger partial charge in [0, 0.05) is 23.8 Å². The lowest BCUT2D eigenvalue weighted by atomic mass is 9.95. The molecular formula is C13H20ClN3S. The van der Waals surface area contributed by atoms with Crippen LogP contribution in [-0.2, 0) is 6.42 Å². The molecule has 2 rings (SSSR count). The molecule has 0 amide bonds. The monoisotopic (exact) mass is 285 g/mol. The van der Waals surface area contributed by atoms with Crippen molar-refractivity contribution in [3.63, 3.8) is 0 Å². The Morgan fingerprint density at radius 2 is 2.28 bits per heavy atom. The summed E-state index contributed by atoms with van der Waals surface area (Å²) in [6, 6.07) is 2.34. The van der Waals surface area contributed by atoms with Gasteiger partial charge in [-0.05, 0) is 25.5 Å². The van der Waals surface area contributed by atoms with Gasteiger partial charge < -0.3 is 5.32 Å². The number of nitrogens with one attached hydrogen (secondary N) is 1. The van der Waals surface area contributed by atoms with E-state index in [1.54, 1.807) is 0 Å². The molecule has 1 aromatic rings. The largest absolute Gasteiger partial charge is 0.367 e. The lowest BCUT2D eigenvalue weighted by molar-refractivity contribution is 0.472. The zero-order valence-corrected chi connectivity index (χ0v) is 12.5. The van der Waals surface area contributed by atoms with E-state index in [-0.39, 0.29) is 0 Å². The molecule has 1 aliphatic rings. The second-order valence-corrected chi connectivity index (χ2v) is 6.24. The minimum absolute atomic E-state index is 0.520. The fourth-order valence-electron chi connectivity index (χ4n) is 2.40. The molecule has 18 heavy (non-hydrogen) atoms. The Labute approximate surface area is 118 Å². The molecular weight excluding hydrogens is 266 g/mol. The molecule has 0 radical (unpaired) electrons. The molecule has 5 heteroatoms. The van der Waals surface area contributed by atoms with Gasteiger partial charge in [0.05, 0.1) is 0 Å². The molecule has 2 atom stereocenters. The number of halogens is 1. The second kappa shape index (κ2) is 6.62. The number of rotatable bonds is 4. The SMILES string of the molecule is CCc1nc(Cl)cc(NC2CCCC(SC)C2)n1. The van der Waals surface area contributed by atoms with Crippen LogP contribution in [0.4, 0.5) is 5.82 Å². The molecule has 2 unspecified atom stereocenters. The van der Waals surface area contributed by atoms with E-state index < -0.39 is 0 Å². The molecule has 1 saturated carbocycles. The zero-order valence-electron chi connectivity index (χ0n) is 10.9. The molecule has 3 nitrogen and oxygen atoms in total. The predicted molar refractivity (Wildman–Crippen MR) is 79.6 cm³/mol. The van der Waals surface area contributed by atoms with Gasteiger partial charge in [-0.2, -0.15) is 11.8 Å². The van der Waals surface area contributed by atoms with Crippen LogP contribution in [0.5, 0.6) is 0 Å². The highest BCUT2D eigenvalue weighted by atomic mass is 35.5. The molecule has 1 heterocycles. The third-order valence-corrected chi connectivity index (χ3v) is 4.66. The Bertz CT molecular complexity index is 400. The van der Waals surface area contributed by atoms with E-state index in [1.165, 1.54) is 25.7 Å². The van der Waals surface area contributed by atoms with Crippen molar-refractivity contribution >= 4 is 29.2 Å². The fraction of sp³-hybridized carbons (Fsp3) is 0.692. The number of hydrogen-bond donors (Lipinski definition) is 1. The molecule has 0 aromatic carbocycles. The maximum Gasteiger partial charge on any atom is 0.134 e. The molecule has 1 fully saturated rings. The molecule has 1 N–H and O–H groups in total. The summed E-state index contributed by atoms with van der Waals surface area (Å²) in [7, 11) is 0. The summed E-state index contributed by atoms with van der Waals surface area (Å²) in [5.74, 6) is 1.68. The third kappa shape index (κ3) is 3.75. The number of aromatic nitrogens is 2. The highest BCUT2D eigenvalue weighted by molar-refractivity contribution is 7.99. The maximum absolute atomic E-state index is 6.01. The van der Waals surface area contributed by atoms with Crippen LogP contribution in [0, 0.1) is 0 Å². The summed E-state index contributed by atoms with van der Waals surface area (Å²) >= 11 is 7.98. The van der Waals surface area contributed by atoms with Gasteiger partial charge in [0.15, 0.2) is 0 Å². The van der Waals surface area contributed by atoms with Crippen LogP contribution in [0.2, 0.25) is 5.15 Å². The second-order valence-electron chi connectivity index (χ2n) is 4.71. The molecule has 1 aromatic heterocycles. The Morgan fingerprint density at radius 3 is 3.00 bits per heavy atom. The van der Waals surface area contributed by atoms with Gasteiger partial charge in [-0.1, -0.05) is 24.9 Å². The Kier molecular flexibility index (Phi) is 5.13. The summed E-state index contributed by atoms with van der Waals surface area (Å²) in [6.07, 6.45) is 8.08. The van der Waals surface area contributed by atoms with Gasteiger partial charge in [-0.3, -0.25) is 0 Å².